The van der Waals surface area contributed by atoms with Crippen LogP contribution in [-0.4, -0.2) is 24.9 Å². The van der Waals surface area contributed by atoms with Gasteiger partial charge in [-0.05, 0) is 55.3 Å². The Kier molecular flexibility index (Phi) is 5.30. The molecule has 3 rings (SSSR count). The maximum absolute atomic E-state index is 12.2. The predicted molar refractivity (Wildman–Crippen MR) is 97.3 cm³/mol. The fraction of sp³-hybridized carbons (Fsp3) is 0.316. The second kappa shape index (κ2) is 7.62. The number of aryl methyl sites for hydroxylation is 2. The maximum atomic E-state index is 12.2. The van der Waals surface area contributed by atoms with Gasteiger partial charge in [-0.1, -0.05) is 6.07 Å². The molecular formula is C19H21NO3S. The van der Waals surface area contributed by atoms with Crippen molar-refractivity contribution < 1.29 is 14.3 Å². The van der Waals surface area contributed by atoms with Gasteiger partial charge >= 0.3 is 0 Å². The number of benzene rings is 2. The van der Waals surface area contributed by atoms with Gasteiger partial charge in [0.1, 0.15) is 0 Å². The van der Waals surface area contributed by atoms with Crippen LogP contribution in [0, 0.1) is 13.8 Å². The Morgan fingerprint density at radius 1 is 1.04 bits per heavy atom. The average Bonchev–Trinajstić information content (AvgIpc) is 2.76. The number of rotatable bonds is 4. The van der Waals surface area contributed by atoms with Crippen LogP contribution in [0.2, 0.25) is 0 Å². The second-order valence-electron chi connectivity index (χ2n) is 5.87. The van der Waals surface area contributed by atoms with Gasteiger partial charge in [0, 0.05) is 17.0 Å². The molecule has 1 heterocycles. The molecule has 2 aromatic rings. The van der Waals surface area contributed by atoms with E-state index in [1.807, 2.05) is 44.2 Å². The standard InChI is InChI=1S/C19H21NO3S/c1-13-8-14(2)10-15(9-13)20-19(21)12-24-16-4-5-17-18(11-16)23-7-3-6-22-17/h4-5,8-11H,3,6-7,12H2,1-2H3,(H,20,21). The van der Waals surface area contributed by atoms with E-state index in [2.05, 4.69) is 11.4 Å². The van der Waals surface area contributed by atoms with E-state index in [1.165, 1.54) is 11.8 Å². The Bertz CT molecular complexity index is 725. The molecule has 24 heavy (non-hydrogen) atoms. The average molecular weight is 343 g/mol. The molecule has 0 aromatic heterocycles. The van der Waals surface area contributed by atoms with Crippen LogP contribution >= 0.6 is 11.8 Å². The summed E-state index contributed by atoms with van der Waals surface area (Å²) in [5.74, 6) is 1.87. The number of carbonyl (C=O) groups is 1. The number of ether oxygens (including phenoxy) is 2. The molecule has 126 valence electrons. The first kappa shape index (κ1) is 16.7. The summed E-state index contributed by atoms with van der Waals surface area (Å²) >= 11 is 1.49. The van der Waals surface area contributed by atoms with Crippen molar-refractivity contribution in [2.45, 2.75) is 25.2 Å². The smallest absolute Gasteiger partial charge is 0.234 e. The van der Waals surface area contributed by atoms with Gasteiger partial charge in [0.15, 0.2) is 11.5 Å². The van der Waals surface area contributed by atoms with Crippen molar-refractivity contribution in [3.05, 3.63) is 47.5 Å². The zero-order chi connectivity index (χ0) is 16.9. The fourth-order valence-corrected chi connectivity index (χ4v) is 3.35. The van der Waals surface area contributed by atoms with Gasteiger partial charge in [-0.3, -0.25) is 4.79 Å². The largest absolute Gasteiger partial charge is 0.490 e. The van der Waals surface area contributed by atoms with E-state index < -0.39 is 0 Å². The van der Waals surface area contributed by atoms with Crippen LogP contribution in [0.25, 0.3) is 0 Å². The normalized spacial score (nSPS) is 13.2. The third kappa shape index (κ3) is 4.45. The topological polar surface area (TPSA) is 47.6 Å². The van der Waals surface area contributed by atoms with Gasteiger partial charge in [0.25, 0.3) is 0 Å². The molecule has 0 spiro atoms. The molecule has 0 atom stereocenters. The van der Waals surface area contributed by atoms with Crippen LogP contribution in [0.1, 0.15) is 17.5 Å². The van der Waals surface area contributed by atoms with E-state index in [4.69, 9.17) is 9.47 Å². The highest BCUT2D eigenvalue weighted by Crippen LogP contribution is 2.33. The van der Waals surface area contributed by atoms with Crippen LogP contribution in [0.3, 0.4) is 0 Å². The van der Waals surface area contributed by atoms with Crippen molar-refractivity contribution in [2.24, 2.45) is 0 Å². The molecule has 1 aliphatic heterocycles. The first-order valence-electron chi connectivity index (χ1n) is 8.01. The van der Waals surface area contributed by atoms with Crippen LogP contribution in [0.15, 0.2) is 41.3 Å². The van der Waals surface area contributed by atoms with Crippen molar-refractivity contribution in [3.63, 3.8) is 0 Å². The lowest BCUT2D eigenvalue weighted by atomic mass is 10.1. The molecular weight excluding hydrogens is 322 g/mol. The van der Waals surface area contributed by atoms with Gasteiger partial charge in [-0.15, -0.1) is 11.8 Å². The lowest BCUT2D eigenvalue weighted by molar-refractivity contribution is -0.113. The molecule has 0 radical (unpaired) electrons. The zero-order valence-corrected chi connectivity index (χ0v) is 14.7. The number of carbonyl (C=O) groups excluding carboxylic acids is 1. The number of anilines is 1. The number of thioether (sulfide) groups is 1. The van der Waals surface area contributed by atoms with Crippen LogP contribution in [0.5, 0.6) is 11.5 Å². The van der Waals surface area contributed by atoms with E-state index >= 15 is 0 Å². The lowest BCUT2D eigenvalue weighted by Crippen LogP contribution is -2.14. The maximum Gasteiger partial charge on any atom is 0.234 e. The molecule has 0 aliphatic carbocycles. The SMILES string of the molecule is Cc1cc(C)cc(NC(=O)CSc2ccc3c(c2)OCCCO3)c1. The molecule has 0 saturated heterocycles. The van der Waals surface area contributed by atoms with E-state index in [1.54, 1.807) is 0 Å². The fourth-order valence-electron chi connectivity index (χ4n) is 2.63. The number of nitrogens with one attached hydrogen (secondary N) is 1. The third-order valence-electron chi connectivity index (χ3n) is 3.59. The minimum Gasteiger partial charge on any atom is -0.490 e. The van der Waals surface area contributed by atoms with Gasteiger partial charge < -0.3 is 14.8 Å². The van der Waals surface area contributed by atoms with Gasteiger partial charge in [-0.25, -0.2) is 0 Å². The van der Waals surface area contributed by atoms with E-state index in [0.29, 0.717) is 19.0 Å². The summed E-state index contributed by atoms with van der Waals surface area (Å²) in [6, 6.07) is 11.8. The summed E-state index contributed by atoms with van der Waals surface area (Å²) in [7, 11) is 0. The first-order valence-corrected chi connectivity index (χ1v) is 8.99. The van der Waals surface area contributed by atoms with E-state index in [-0.39, 0.29) is 5.91 Å². The van der Waals surface area contributed by atoms with Gasteiger partial charge in [0.2, 0.25) is 5.91 Å². The number of hydrogen-bond acceptors (Lipinski definition) is 4. The predicted octanol–water partition coefficient (Wildman–Crippen LogP) is 4.20. The second-order valence-corrected chi connectivity index (χ2v) is 6.92. The highest BCUT2D eigenvalue weighted by Gasteiger charge is 2.12. The van der Waals surface area contributed by atoms with Crippen molar-refractivity contribution in [2.75, 3.05) is 24.3 Å². The highest BCUT2D eigenvalue weighted by atomic mass is 32.2. The first-order chi connectivity index (χ1) is 11.6. The molecule has 0 unspecified atom stereocenters. The van der Waals surface area contributed by atoms with Crippen molar-refractivity contribution in [1.29, 1.82) is 0 Å². The summed E-state index contributed by atoms with van der Waals surface area (Å²) in [6.45, 7) is 5.39. The summed E-state index contributed by atoms with van der Waals surface area (Å²) in [4.78, 5) is 13.2. The Hall–Kier alpha value is -2.14. The molecule has 0 saturated carbocycles. The Labute approximate surface area is 146 Å². The minimum atomic E-state index is -0.0166. The van der Waals surface area contributed by atoms with Crippen LogP contribution in [0.4, 0.5) is 5.69 Å². The Balaban J connectivity index is 1.59. The van der Waals surface area contributed by atoms with Gasteiger partial charge in [0.05, 0.1) is 19.0 Å². The summed E-state index contributed by atoms with van der Waals surface area (Å²) in [6.07, 6.45) is 0.884. The van der Waals surface area contributed by atoms with Crippen LogP contribution in [-0.2, 0) is 4.79 Å². The highest BCUT2D eigenvalue weighted by molar-refractivity contribution is 8.00. The van der Waals surface area contributed by atoms with Crippen molar-refractivity contribution >= 4 is 23.4 Å². The monoisotopic (exact) mass is 343 g/mol. The molecule has 1 amide bonds. The number of fused-ring (bicyclic) bond motifs is 1. The third-order valence-corrected chi connectivity index (χ3v) is 4.59. The number of amides is 1. The minimum absolute atomic E-state index is 0.0166. The zero-order valence-electron chi connectivity index (χ0n) is 13.9. The quantitative estimate of drug-likeness (QED) is 0.846. The summed E-state index contributed by atoms with van der Waals surface area (Å²) in [5, 5.41) is 2.95. The Morgan fingerprint density at radius 2 is 1.75 bits per heavy atom. The summed E-state index contributed by atoms with van der Waals surface area (Å²) < 4.78 is 11.3. The van der Waals surface area contributed by atoms with Crippen molar-refractivity contribution in [1.82, 2.24) is 0 Å². The molecule has 1 N–H and O–H groups in total. The molecule has 1 aliphatic rings. The molecule has 0 bridgehead atoms. The van der Waals surface area contributed by atoms with Crippen molar-refractivity contribution in [3.8, 4) is 11.5 Å². The molecule has 5 heteroatoms. The lowest BCUT2D eigenvalue weighted by Gasteiger charge is -2.10. The molecule has 0 fully saturated rings. The van der Waals surface area contributed by atoms with Crippen LogP contribution < -0.4 is 14.8 Å². The van der Waals surface area contributed by atoms with E-state index in [9.17, 15) is 4.79 Å². The number of hydrogen-bond donors (Lipinski definition) is 1. The van der Waals surface area contributed by atoms with E-state index in [0.717, 1.165) is 39.6 Å². The summed E-state index contributed by atoms with van der Waals surface area (Å²) in [5.41, 5.74) is 3.12. The Morgan fingerprint density at radius 3 is 2.50 bits per heavy atom. The molecule has 2 aromatic carbocycles. The molecule has 4 nitrogen and oxygen atoms in total. The van der Waals surface area contributed by atoms with Gasteiger partial charge in [-0.2, -0.15) is 0 Å².